The second-order valence-electron chi connectivity index (χ2n) is 6.48. The van der Waals surface area contributed by atoms with Gasteiger partial charge in [-0.2, -0.15) is 4.31 Å². The average molecular weight is 421 g/mol. The third-order valence-electron chi connectivity index (χ3n) is 4.57. The van der Waals surface area contributed by atoms with Gasteiger partial charge in [-0.3, -0.25) is 4.79 Å². The van der Waals surface area contributed by atoms with E-state index in [9.17, 15) is 22.4 Å². The Morgan fingerprint density at radius 1 is 1.10 bits per heavy atom. The number of rotatable bonds is 7. The maximum absolute atomic E-state index is 13.4. The highest BCUT2D eigenvalue weighted by molar-refractivity contribution is 7.89. The Kier molecular flexibility index (Phi) is 6.29. The SMILES string of the molecule is COc1ccc(F)cc1C(=O)COC(=O)c1cccc(S(=O)(=O)N2CCCC2)c1. The highest BCUT2D eigenvalue weighted by Gasteiger charge is 2.28. The van der Waals surface area contributed by atoms with E-state index in [1.807, 2.05) is 0 Å². The lowest BCUT2D eigenvalue weighted by molar-refractivity contribution is 0.0473. The first-order valence-electron chi connectivity index (χ1n) is 8.97. The summed E-state index contributed by atoms with van der Waals surface area (Å²) in [5.74, 6) is -1.96. The highest BCUT2D eigenvalue weighted by atomic mass is 32.2. The maximum Gasteiger partial charge on any atom is 0.338 e. The fourth-order valence-electron chi connectivity index (χ4n) is 3.05. The molecule has 0 aromatic heterocycles. The number of esters is 1. The van der Waals surface area contributed by atoms with Crippen LogP contribution in [0.4, 0.5) is 4.39 Å². The molecule has 0 unspecified atom stereocenters. The zero-order chi connectivity index (χ0) is 21.0. The second-order valence-corrected chi connectivity index (χ2v) is 8.42. The van der Waals surface area contributed by atoms with Gasteiger partial charge in [-0.15, -0.1) is 0 Å². The number of hydrogen-bond donors (Lipinski definition) is 0. The van der Waals surface area contributed by atoms with Crippen molar-refractivity contribution in [3.05, 3.63) is 59.4 Å². The summed E-state index contributed by atoms with van der Waals surface area (Å²) in [7, 11) is -2.35. The van der Waals surface area contributed by atoms with E-state index in [0.29, 0.717) is 13.1 Å². The lowest BCUT2D eigenvalue weighted by atomic mass is 10.1. The third kappa shape index (κ3) is 4.63. The molecule has 0 amide bonds. The Labute approximate surface area is 168 Å². The van der Waals surface area contributed by atoms with Crippen LogP contribution in [0.2, 0.25) is 0 Å². The molecule has 3 rings (SSSR count). The molecule has 1 heterocycles. The van der Waals surface area contributed by atoms with E-state index in [1.54, 1.807) is 0 Å². The van der Waals surface area contributed by atoms with Crippen molar-refractivity contribution < 1.29 is 31.9 Å². The lowest BCUT2D eigenvalue weighted by Crippen LogP contribution is -2.28. The van der Waals surface area contributed by atoms with E-state index >= 15 is 0 Å². The van der Waals surface area contributed by atoms with E-state index in [-0.39, 0.29) is 21.8 Å². The summed E-state index contributed by atoms with van der Waals surface area (Å²) < 4.78 is 50.1. The summed E-state index contributed by atoms with van der Waals surface area (Å²) in [5, 5.41) is 0. The van der Waals surface area contributed by atoms with Crippen LogP contribution in [-0.2, 0) is 14.8 Å². The molecule has 2 aromatic carbocycles. The van der Waals surface area contributed by atoms with Crippen molar-refractivity contribution in [1.82, 2.24) is 4.31 Å². The molecule has 154 valence electrons. The van der Waals surface area contributed by atoms with E-state index in [1.165, 1.54) is 41.7 Å². The molecular weight excluding hydrogens is 401 g/mol. The summed E-state index contributed by atoms with van der Waals surface area (Å²) in [6, 6.07) is 8.93. The van der Waals surface area contributed by atoms with Crippen LogP contribution in [-0.4, -0.2) is 51.3 Å². The molecule has 0 aliphatic carbocycles. The summed E-state index contributed by atoms with van der Waals surface area (Å²) in [6.45, 7) is 0.254. The number of carbonyl (C=O) groups is 2. The van der Waals surface area contributed by atoms with Crippen LogP contribution in [0.15, 0.2) is 47.4 Å². The first kappa shape index (κ1) is 20.9. The molecule has 9 heteroatoms. The van der Waals surface area contributed by atoms with Crippen molar-refractivity contribution in [2.75, 3.05) is 26.8 Å². The van der Waals surface area contributed by atoms with Crippen molar-refractivity contribution in [2.45, 2.75) is 17.7 Å². The molecule has 2 aromatic rings. The topological polar surface area (TPSA) is 90.0 Å². The first-order valence-corrected chi connectivity index (χ1v) is 10.4. The van der Waals surface area contributed by atoms with E-state index in [4.69, 9.17) is 9.47 Å². The number of benzene rings is 2. The molecule has 1 aliphatic rings. The van der Waals surface area contributed by atoms with Crippen LogP contribution in [0.1, 0.15) is 33.6 Å². The van der Waals surface area contributed by atoms with Crippen LogP contribution >= 0.6 is 0 Å². The Morgan fingerprint density at radius 3 is 2.52 bits per heavy atom. The Hall–Kier alpha value is -2.78. The number of ether oxygens (including phenoxy) is 2. The number of halogens is 1. The Balaban J connectivity index is 1.72. The number of nitrogens with zero attached hydrogens (tertiary/aromatic N) is 1. The molecule has 0 atom stereocenters. The van der Waals surface area contributed by atoms with Crippen LogP contribution in [0.3, 0.4) is 0 Å². The van der Waals surface area contributed by atoms with Gasteiger partial charge in [0, 0.05) is 13.1 Å². The molecular formula is C20H20FNO6S. The summed E-state index contributed by atoms with van der Waals surface area (Å²) in [4.78, 5) is 24.6. The van der Waals surface area contributed by atoms with Crippen molar-refractivity contribution >= 4 is 21.8 Å². The summed E-state index contributed by atoms with van der Waals surface area (Å²) >= 11 is 0. The molecule has 0 spiro atoms. The van der Waals surface area contributed by atoms with E-state index in [0.717, 1.165) is 25.0 Å². The van der Waals surface area contributed by atoms with Gasteiger partial charge >= 0.3 is 5.97 Å². The second kappa shape index (κ2) is 8.71. The Morgan fingerprint density at radius 2 is 1.83 bits per heavy atom. The predicted octanol–water partition coefficient (Wildman–Crippen LogP) is 2.66. The zero-order valence-electron chi connectivity index (χ0n) is 15.8. The minimum Gasteiger partial charge on any atom is -0.496 e. The minimum atomic E-state index is -3.68. The normalized spacial score (nSPS) is 14.6. The number of carbonyl (C=O) groups excluding carboxylic acids is 2. The minimum absolute atomic E-state index is 0.00396. The zero-order valence-corrected chi connectivity index (χ0v) is 16.6. The number of hydrogen-bond acceptors (Lipinski definition) is 6. The molecule has 0 radical (unpaired) electrons. The maximum atomic E-state index is 13.4. The summed E-state index contributed by atoms with van der Waals surface area (Å²) in [5.41, 5.74) is -0.0464. The van der Waals surface area contributed by atoms with Crippen molar-refractivity contribution in [3.8, 4) is 5.75 Å². The first-order chi connectivity index (χ1) is 13.8. The van der Waals surface area contributed by atoms with Gasteiger partial charge < -0.3 is 9.47 Å². The lowest BCUT2D eigenvalue weighted by Gasteiger charge is -2.15. The standard InChI is InChI=1S/C20H20FNO6S/c1-27-19-8-7-15(21)12-17(19)18(23)13-28-20(24)14-5-4-6-16(11-14)29(25,26)22-9-2-3-10-22/h4-8,11-12H,2-3,9-10,13H2,1H3. The fourth-order valence-corrected chi connectivity index (χ4v) is 4.61. The average Bonchev–Trinajstić information content (AvgIpc) is 3.27. The van der Waals surface area contributed by atoms with Gasteiger partial charge in [0.1, 0.15) is 11.6 Å². The molecule has 0 bridgehead atoms. The van der Waals surface area contributed by atoms with Crippen molar-refractivity contribution in [3.63, 3.8) is 0 Å². The van der Waals surface area contributed by atoms with Gasteiger partial charge in [0.25, 0.3) is 0 Å². The monoisotopic (exact) mass is 421 g/mol. The molecule has 1 aliphatic heterocycles. The van der Waals surface area contributed by atoms with Crippen molar-refractivity contribution in [2.24, 2.45) is 0 Å². The van der Waals surface area contributed by atoms with Crippen LogP contribution in [0.5, 0.6) is 5.75 Å². The quantitative estimate of drug-likeness (QED) is 0.504. The molecule has 1 saturated heterocycles. The van der Waals surface area contributed by atoms with Gasteiger partial charge in [-0.1, -0.05) is 6.07 Å². The predicted molar refractivity (Wildman–Crippen MR) is 102 cm³/mol. The number of methoxy groups -OCH3 is 1. The van der Waals surface area contributed by atoms with Gasteiger partial charge in [0.15, 0.2) is 6.61 Å². The van der Waals surface area contributed by atoms with Gasteiger partial charge in [-0.05, 0) is 49.2 Å². The summed E-state index contributed by atoms with van der Waals surface area (Å²) in [6.07, 6.45) is 1.60. The molecule has 0 saturated carbocycles. The van der Waals surface area contributed by atoms with Crippen LogP contribution in [0, 0.1) is 5.82 Å². The fraction of sp³-hybridized carbons (Fsp3) is 0.300. The van der Waals surface area contributed by atoms with Crippen molar-refractivity contribution in [1.29, 1.82) is 0 Å². The van der Waals surface area contributed by atoms with Gasteiger partial charge in [0.2, 0.25) is 15.8 Å². The van der Waals surface area contributed by atoms with Gasteiger partial charge in [-0.25, -0.2) is 17.6 Å². The van der Waals surface area contributed by atoms with Crippen LogP contribution in [0.25, 0.3) is 0 Å². The number of Topliss-reactive ketones (excluding diaryl/α,β-unsaturated/α-hetero) is 1. The number of ketones is 1. The highest BCUT2D eigenvalue weighted by Crippen LogP contribution is 2.22. The molecule has 7 nitrogen and oxygen atoms in total. The largest absolute Gasteiger partial charge is 0.496 e. The van der Waals surface area contributed by atoms with E-state index < -0.39 is 34.2 Å². The Bertz CT molecular complexity index is 1030. The molecule has 1 fully saturated rings. The van der Waals surface area contributed by atoms with Gasteiger partial charge in [0.05, 0.1) is 23.1 Å². The molecule has 0 N–H and O–H groups in total. The number of sulfonamides is 1. The van der Waals surface area contributed by atoms with Crippen LogP contribution < -0.4 is 4.74 Å². The van der Waals surface area contributed by atoms with E-state index in [2.05, 4.69) is 0 Å². The molecule has 29 heavy (non-hydrogen) atoms. The smallest absolute Gasteiger partial charge is 0.338 e. The third-order valence-corrected chi connectivity index (χ3v) is 6.46.